The highest BCUT2D eigenvalue weighted by atomic mass is 16.2. The number of rotatable bonds is 7. The molecule has 0 fully saturated rings. The van der Waals surface area contributed by atoms with Crippen LogP contribution in [0.3, 0.4) is 0 Å². The Kier molecular flexibility index (Phi) is 5.37. The minimum absolute atomic E-state index is 0.302. The van der Waals surface area contributed by atoms with E-state index in [9.17, 15) is 9.59 Å². The Morgan fingerprint density at radius 1 is 0.950 bits per heavy atom. The van der Waals surface area contributed by atoms with E-state index in [2.05, 4.69) is 20.8 Å². The van der Waals surface area contributed by atoms with E-state index >= 15 is 0 Å². The summed E-state index contributed by atoms with van der Waals surface area (Å²) in [4.78, 5) is 27.5. The molecule has 0 saturated carbocycles. The molecule has 1 aromatic rings. The zero-order chi connectivity index (χ0) is 15.5. The average molecular weight is 280 g/mol. The lowest BCUT2D eigenvalue weighted by molar-refractivity contribution is 0.367. The Hall–Kier alpha value is -1.32. The van der Waals surface area contributed by atoms with Crippen LogP contribution in [-0.2, 0) is 0 Å². The Bertz CT molecular complexity index is 503. The summed E-state index contributed by atoms with van der Waals surface area (Å²) in [5.41, 5.74) is 0.860. The van der Waals surface area contributed by atoms with Crippen LogP contribution >= 0.6 is 0 Å². The van der Waals surface area contributed by atoms with Crippen LogP contribution in [0, 0.1) is 5.41 Å². The smallest absolute Gasteiger partial charge is 0.253 e. The van der Waals surface area contributed by atoms with Gasteiger partial charge in [0.1, 0.15) is 11.4 Å². The molecule has 0 saturated heterocycles. The molecule has 0 N–H and O–H groups in total. The summed E-state index contributed by atoms with van der Waals surface area (Å²) in [7, 11) is 1.91. The topological polar surface area (TPSA) is 40.6 Å². The molecule has 0 aromatic heterocycles. The predicted molar refractivity (Wildman–Crippen MR) is 86.9 cm³/mol. The van der Waals surface area contributed by atoms with Crippen molar-refractivity contribution in [1.29, 1.82) is 0 Å². The lowest BCUT2D eigenvalue weighted by atomic mass is 9.90. The monoisotopic (exact) mass is 280 g/mol. The van der Waals surface area contributed by atoms with E-state index in [1.54, 1.807) is 0 Å². The van der Waals surface area contributed by atoms with Crippen molar-refractivity contribution in [2.45, 2.75) is 47.5 Å². The largest absolute Gasteiger partial charge is 0.370 e. The maximum absolute atomic E-state index is 11.8. The van der Waals surface area contributed by atoms with Gasteiger partial charge >= 0.3 is 0 Å². The molecule has 0 unspecified atom stereocenters. The lowest BCUT2D eigenvalue weighted by Crippen LogP contribution is -2.45. The molecule has 0 atom stereocenters. The van der Waals surface area contributed by atoms with Gasteiger partial charge in [0, 0.05) is 26.7 Å². The summed E-state index contributed by atoms with van der Waals surface area (Å²) in [5, 5.41) is 0. The lowest BCUT2D eigenvalue weighted by Gasteiger charge is -2.30. The molecule has 0 aliphatic carbocycles. The van der Waals surface area contributed by atoms with Gasteiger partial charge in [-0.25, -0.2) is 0 Å². The summed E-state index contributed by atoms with van der Waals surface area (Å²) >= 11 is 0. The second-order valence-electron chi connectivity index (χ2n) is 6.61. The normalized spacial score (nSPS) is 11.9. The third-order valence-corrected chi connectivity index (χ3v) is 3.74. The molecular formula is C16H28N2O2. The van der Waals surface area contributed by atoms with Gasteiger partial charge in [0.05, 0.1) is 0 Å². The van der Waals surface area contributed by atoms with Gasteiger partial charge in [0.15, 0.2) is 0 Å². The molecule has 4 nitrogen and oxygen atoms in total. The molecule has 0 heterocycles. The number of nitrogens with zero attached hydrogens (tertiary/aromatic N) is 2. The fourth-order valence-corrected chi connectivity index (χ4v) is 2.51. The summed E-state index contributed by atoms with van der Waals surface area (Å²) in [6.45, 7) is 13.0. The van der Waals surface area contributed by atoms with Crippen molar-refractivity contribution >= 4 is 11.4 Å². The predicted octanol–water partition coefficient (Wildman–Crippen LogP) is 2.39. The van der Waals surface area contributed by atoms with Crippen molar-refractivity contribution in [3.05, 3.63) is 20.4 Å². The SMILES string of the molecule is CCN(CC)c1c(N(C)CCCC(C)(C)C)c(=O)c1=O. The highest BCUT2D eigenvalue weighted by Crippen LogP contribution is 2.25. The molecule has 0 aliphatic heterocycles. The summed E-state index contributed by atoms with van der Waals surface area (Å²) in [6, 6.07) is 0. The van der Waals surface area contributed by atoms with Crippen molar-refractivity contribution in [2.75, 3.05) is 36.5 Å². The quantitative estimate of drug-likeness (QED) is 0.719. The molecule has 1 rings (SSSR count). The molecule has 4 heteroatoms. The molecule has 0 aliphatic rings. The summed E-state index contributed by atoms with van der Waals surface area (Å²) in [5.74, 6) is 0. The van der Waals surface area contributed by atoms with E-state index in [4.69, 9.17) is 0 Å². The first-order valence-corrected chi connectivity index (χ1v) is 7.52. The van der Waals surface area contributed by atoms with Crippen LogP contribution < -0.4 is 20.7 Å². The van der Waals surface area contributed by atoms with Crippen LogP contribution in [0.2, 0.25) is 0 Å². The van der Waals surface area contributed by atoms with Gasteiger partial charge in [-0.2, -0.15) is 0 Å². The summed E-state index contributed by atoms with van der Waals surface area (Å²) in [6.07, 6.45) is 2.13. The van der Waals surface area contributed by atoms with Crippen LogP contribution in [0.25, 0.3) is 0 Å². The highest BCUT2D eigenvalue weighted by molar-refractivity contribution is 5.76. The Labute approximate surface area is 122 Å². The van der Waals surface area contributed by atoms with Crippen LogP contribution in [0.4, 0.5) is 11.4 Å². The third kappa shape index (κ3) is 3.62. The molecule has 0 amide bonds. The van der Waals surface area contributed by atoms with Gasteiger partial charge in [-0.05, 0) is 32.1 Å². The Morgan fingerprint density at radius 2 is 1.45 bits per heavy atom. The third-order valence-electron chi connectivity index (χ3n) is 3.74. The molecule has 20 heavy (non-hydrogen) atoms. The fraction of sp³-hybridized carbons (Fsp3) is 0.750. The van der Waals surface area contributed by atoms with Gasteiger partial charge in [-0.15, -0.1) is 0 Å². The van der Waals surface area contributed by atoms with Crippen molar-refractivity contribution in [3.8, 4) is 0 Å². The Balaban J connectivity index is 2.79. The van der Waals surface area contributed by atoms with Crippen molar-refractivity contribution < 1.29 is 0 Å². The maximum Gasteiger partial charge on any atom is 0.253 e. The minimum Gasteiger partial charge on any atom is -0.370 e. The van der Waals surface area contributed by atoms with E-state index in [1.165, 1.54) is 0 Å². The van der Waals surface area contributed by atoms with Crippen molar-refractivity contribution in [1.82, 2.24) is 0 Å². The highest BCUT2D eigenvalue weighted by Gasteiger charge is 2.27. The molecular weight excluding hydrogens is 252 g/mol. The minimum atomic E-state index is -0.329. The van der Waals surface area contributed by atoms with Crippen LogP contribution in [0.15, 0.2) is 9.59 Å². The van der Waals surface area contributed by atoms with Crippen LogP contribution in [-0.4, -0.2) is 26.7 Å². The fourth-order valence-electron chi connectivity index (χ4n) is 2.51. The van der Waals surface area contributed by atoms with Crippen molar-refractivity contribution in [2.24, 2.45) is 5.41 Å². The van der Waals surface area contributed by atoms with Gasteiger partial charge in [0.25, 0.3) is 10.9 Å². The van der Waals surface area contributed by atoms with Gasteiger partial charge in [-0.1, -0.05) is 20.8 Å². The maximum atomic E-state index is 11.8. The van der Waals surface area contributed by atoms with E-state index < -0.39 is 0 Å². The Morgan fingerprint density at radius 3 is 1.90 bits per heavy atom. The van der Waals surface area contributed by atoms with E-state index in [0.29, 0.717) is 16.8 Å². The van der Waals surface area contributed by atoms with Crippen LogP contribution in [0.5, 0.6) is 0 Å². The molecule has 1 aromatic carbocycles. The van der Waals surface area contributed by atoms with Crippen LogP contribution in [0.1, 0.15) is 47.5 Å². The second kappa shape index (κ2) is 6.42. The van der Waals surface area contributed by atoms with Gasteiger partial charge in [0.2, 0.25) is 0 Å². The second-order valence-corrected chi connectivity index (χ2v) is 6.61. The first kappa shape index (κ1) is 16.7. The average Bonchev–Trinajstić information content (AvgIpc) is 2.36. The zero-order valence-corrected chi connectivity index (χ0v) is 13.7. The van der Waals surface area contributed by atoms with E-state index in [0.717, 1.165) is 32.5 Å². The van der Waals surface area contributed by atoms with Crippen molar-refractivity contribution in [3.63, 3.8) is 0 Å². The standard InChI is InChI=1S/C16H28N2O2/c1-7-18(8-2)13-12(14(19)15(13)20)17(6)11-9-10-16(3,4)5/h7-11H2,1-6H3. The number of hydrogen-bond acceptors (Lipinski definition) is 4. The molecule has 0 bridgehead atoms. The number of hydrogen-bond donors (Lipinski definition) is 0. The summed E-state index contributed by atoms with van der Waals surface area (Å²) < 4.78 is 0. The zero-order valence-electron chi connectivity index (χ0n) is 13.7. The van der Waals surface area contributed by atoms with Gasteiger partial charge < -0.3 is 9.80 Å². The number of anilines is 2. The first-order chi connectivity index (χ1) is 9.22. The molecule has 114 valence electrons. The molecule has 0 spiro atoms. The van der Waals surface area contributed by atoms with E-state index in [-0.39, 0.29) is 10.9 Å². The first-order valence-electron chi connectivity index (χ1n) is 7.52. The van der Waals surface area contributed by atoms with Gasteiger partial charge in [-0.3, -0.25) is 9.59 Å². The molecule has 0 radical (unpaired) electrons. The van der Waals surface area contributed by atoms with E-state index in [1.807, 2.05) is 30.7 Å².